The molecule has 2 amide bonds. The summed E-state index contributed by atoms with van der Waals surface area (Å²) in [4.78, 5) is 49.0. The lowest BCUT2D eigenvalue weighted by Crippen LogP contribution is -2.43. The molecule has 0 aliphatic carbocycles. The van der Waals surface area contributed by atoms with Crippen LogP contribution in [0.1, 0.15) is 37.8 Å². The number of thiazole rings is 1. The molecule has 34 heavy (non-hydrogen) atoms. The first kappa shape index (κ1) is 23.9. The molecule has 2 N–H and O–H groups in total. The number of para-hydroxylation sites is 1. The Balaban J connectivity index is 1.52. The standard InChI is InChI=1S/C24H30N6O3S/c1-4-16-9-6-8-15(3)19(16)27-18(31)13-30-14-26-21-20(23(30)33)34-24(28-21)29-11-7-10-17(12-29)22(32)25-5-2/h6,8-9,14,17H,4-5,7,10-13H2,1-3H3,(H,25,32)(H,27,31)/t17-/m0/s1. The Hall–Kier alpha value is -3.27. The average Bonchev–Trinajstić information content (AvgIpc) is 3.28. The number of nitrogens with one attached hydrogen (secondary N) is 2. The van der Waals surface area contributed by atoms with Crippen molar-refractivity contribution in [2.24, 2.45) is 5.92 Å². The SMILES string of the molecule is CCNC(=O)[C@H]1CCCN(c2nc3ncn(CC(=O)Nc4c(C)cccc4CC)c(=O)c3s2)C1. The van der Waals surface area contributed by atoms with Gasteiger partial charge in [-0.2, -0.15) is 4.98 Å². The molecule has 1 aliphatic rings. The van der Waals surface area contributed by atoms with Gasteiger partial charge in [0.15, 0.2) is 10.8 Å². The first-order chi connectivity index (χ1) is 16.4. The number of fused-ring (bicyclic) bond motifs is 1. The molecule has 0 unspecified atom stereocenters. The number of hydrogen-bond acceptors (Lipinski definition) is 7. The van der Waals surface area contributed by atoms with Crippen LogP contribution in [0.15, 0.2) is 29.3 Å². The number of hydrogen-bond donors (Lipinski definition) is 2. The van der Waals surface area contributed by atoms with Crippen LogP contribution in [0.3, 0.4) is 0 Å². The Morgan fingerprint density at radius 2 is 2.09 bits per heavy atom. The minimum atomic E-state index is -0.290. The van der Waals surface area contributed by atoms with Crippen molar-refractivity contribution in [2.75, 3.05) is 29.9 Å². The summed E-state index contributed by atoms with van der Waals surface area (Å²) in [5, 5.41) is 6.53. The number of aromatic nitrogens is 3. The van der Waals surface area contributed by atoms with Gasteiger partial charge in [0.05, 0.1) is 5.92 Å². The first-order valence-corrected chi connectivity index (χ1v) is 12.5. The molecule has 9 nitrogen and oxygen atoms in total. The Morgan fingerprint density at radius 1 is 1.26 bits per heavy atom. The van der Waals surface area contributed by atoms with Crippen LogP contribution in [0.2, 0.25) is 0 Å². The number of nitrogens with zero attached hydrogens (tertiary/aromatic N) is 4. The molecule has 2 aromatic heterocycles. The van der Waals surface area contributed by atoms with Crippen LogP contribution in [-0.2, 0) is 22.6 Å². The zero-order valence-corrected chi connectivity index (χ0v) is 20.6. The van der Waals surface area contributed by atoms with Crippen LogP contribution in [-0.4, -0.2) is 46.0 Å². The fourth-order valence-electron chi connectivity index (χ4n) is 4.30. The third-order valence-corrected chi connectivity index (χ3v) is 7.20. The van der Waals surface area contributed by atoms with Crippen molar-refractivity contribution in [3.63, 3.8) is 0 Å². The maximum atomic E-state index is 13.1. The minimum Gasteiger partial charge on any atom is -0.356 e. The fourth-order valence-corrected chi connectivity index (χ4v) is 5.31. The van der Waals surface area contributed by atoms with Gasteiger partial charge < -0.3 is 15.5 Å². The minimum absolute atomic E-state index is 0.0553. The Morgan fingerprint density at radius 3 is 2.85 bits per heavy atom. The van der Waals surface area contributed by atoms with E-state index in [9.17, 15) is 14.4 Å². The smallest absolute Gasteiger partial charge is 0.273 e. The van der Waals surface area contributed by atoms with E-state index < -0.39 is 0 Å². The molecular weight excluding hydrogens is 452 g/mol. The van der Waals surface area contributed by atoms with E-state index in [-0.39, 0.29) is 29.8 Å². The lowest BCUT2D eigenvalue weighted by Gasteiger charge is -2.31. The van der Waals surface area contributed by atoms with E-state index in [1.807, 2.05) is 39.0 Å². The molecule has 0 spiro atoms. The maximum absolute atomic E-state index is 13.1. The highest BCUT2D eigenvalue weighted by molar-refractivity contribution is 7.22. The van der Waals surface area contributed by atoms with Crippen molar-refractivity contribution in [3.8, 4) is 0 Å². The summed E-state index contributed by atoms with van der Waals surface area (Å²) in [5.74, 6) is -0.319. The molecule has 1 aromatic carbocycles. The van der Waals surface area contributed by atoms with E-state index in [0.29, 0.717) is 28.6 Å². The number of carbonyl (C=O) groups is 2. The normalized spacial score (nSPS) is 16.0. The van der Waals surface area contributed by atoms with Crippen molar-refractivity contribution < 1.29 is 9.59 Å². The molecular formula is C24H30N6O3S. The predicted octanol–water partition coefficient (Wildman–Crippen LogP) is 2.72. The van der Waals surface area contributed by atoms with Gasteiger partial charge in [-0.15, -0.1) is 0 Å². The Bertz CT molecular complexity index is 1270. The highest BCUT2D eigenvalue weighted by Crippen LogP contribution is 2.29. The number of piperidine rings is 1. The molecule has 3 aromatic rings. The Labute approximate surface area is 202 Å². The predicted molar refractivity (Wildman–Crippen MR) is 134 cm³/mol. The van der Waals surface area contributed by atoms with Crippen molar-refractivity contribution in [1.82, 2.24) is 19.9 Å². The quantitative estimate of drug-likeness (QED) is 0.536. The molecule has 0 radical (unpaired) electrons. The summed E-state index contributed by atoms with van der Waals surface area (Å²) in [6, 6.07) is 5.90. The van der Waals surface area contributed by atoms with Crippen molar-refractivity contribution in [1.29, 1.82) is 0 Å². The molecule has 3 heterocycles. The zero-order valence-electron chi connectivity index (χ0n) is 19.8. The second kappa shape index (κ2) is 10.3. The summed E-state index contributed by atoms with van der Waals surface area (Å²) in [7, 11) is 0. The second-order valence-electron chi connectivity index (χ2n) is 8.52. The van der Waals surface area contributed by atoms with Crippen LogP contribution < -0.4 is 21.1 Å². The Kier molecular flexibility index (Phi) is 7.26. The molecule has 180 valence electrons. The van der Waals surface area contributed by atoms with Gasteiger partial charge in [0.1, 0.15) is 17.6 Å². The van der Waals surface area contributed by atoms with Gasteiger partial charge in [0.25, 0.3) is 5.56 Å². The monoisotopic (exact) mass is 482 g/mol. The van der Waals surface area contributed by atoms with Gasteiger partial charge in [-0.3, -0.25) is 19.0 Å². The van der Waals surface area contributed by atoms with Crippen molar-refractivity contribution in [3.05, 3.63) is 46.0 Å². The number of anilines is 2. The van der Waals surface area contributed by atoms with E-state index in [2.05, 4.69) is 25.5 Å². The van der Waals surface area contributed by atoms with E-state index in [4.69, 9.17) is 0 Å². The van der Waals surface area contributed by atoms with Crippen molar-refractivity contribution >= 4 is 44.3 Å². The molecule has 1 fully saturated rings. The second-order valence-corrected chi connectivity index (χ2v) is 9.49. The summed E-state index contributed by atoms with van der Waals surface area (Å²) >= 11 is 1.27. The maximum Gasteiger partial charge on any atom is 0.273 e. The van der Waals surface area contributed by atoms with Gasteiger partial charge in [0, 0.05) is 25.3 Å². The van der Waals surface area contributed by atoms with Crippen LogP contribution in [0.4, 0.5) is 10.8 Å². The van der Waals surface area contributed by atoms with Crippen LogP contribution in [0, 0.1) is 12.8 Å². The number of rotatable bonds is 7. The molecule has 10 heteroatoms. The van der Waals surface area contributed by atoms with Gasteiger partial charge in [0.2, 0.25) is 11.8 Å². The summed E-state index contributed by atoms with van der Waals surface area (Å²) < 4.78 is 1.73. The summed E-state index contributed by atoms with van der Waals surface area (Å²) in [6.45, 7) is 7.72. The first-order valence-electron chi connectivity index (χ1n) is 11.7. The number of benzene rings is 1. The highest BCUT2D eigenvalue weighted by atomic mass is 32.1. The van der Waals surface area contributed by atoms with Gasteiger partial charge in [-0.25, -0.2) is 4.98 Å². The molecule has 1 aliphatic heterocycles. The average molecular weight is 483 g/mol. The van der Waals surface area contributed by atoms with E-state index in [1.165, 1.54) is 22.2 Å². The number of aryl methyl sites for hydroxylation is 2. The number of carbonyl (C=O) groups excluding carboxylic acids is 2. The van der Waals surface area contributed by atoms with Crippen molar-refractivity contribution in [2.45, 2.75) is 46.6 Å². The largest absolute Gasteiger partial charge is 0.356 e. The van der Waals surface area contributed by atoms with Crippen LogP contribution >= 0.6 is 11.3 Å². The molecule has 0 bridgehead atoms. The summed E-state index contributed by atoms with van der Waals surface area (Å²) in [5.41, 5.74) is 2.90. The molecule has 1 saturated heterocycles. The van der Waals surface area contributed by atoms with E-state index in [1.54, 1.807) is 0 Å². The third kappa shape index (κ3) is 4.96. The lowest BCUT2D eigenvalue weighted by molar-refractivity contribution is -0.125. The van der Waals surface area contributed by atoms with Crippen LogP contribution in [0.5, 0.6) is 0 Å². The van der Waals surface area contributed by atoms with Gasteiger partial charge in [-0.05, 0) is 44.2 Å². The van der Waals surface area contributed by atoms with Gasteiger partial charge >= 0.3 is 0 Å². The van der Waals surface area contributed by atoms with Gasteiger partial charge in [-0.1, -0.05) is 36.5 Å². The topological polar surface area (TPSA) is 109 Å². The summed E-state index contributed by atoms with van der Waals surface area (Å²) in [6.07, 6.45) is 3.90. The third-order valence-electron chi connectivity index (χ3n) is 6.10. The highest BCUT2D eigenvalue weighted by Gasteiger charge is 2.27. The fraction of sp³-hybridized carbons (Fsp3) is 0.458. The molecule has 1 atom stereocenters. The molecule has 4 rings (SSSR count). The lowest BCUT2D eigenvalue weighted by atomic mass is 9.97. The van der Waals surface area contributed by atoms with E-state index >= 15 is 0 Å². The van der Waals surface area contributed by atoms with E-state index in [0.717, 1.165) is 42.6 Å². The molecule has 0 saturated carbocycles. The number of amides is 2. The van der Waals surface area contributed by atoms with Crippen LogP contribution in [0.25, 0.3) is 10.3 Å². The zero-order chi connectivity index (χ0) is 24.2.